The number of nitrogens with one attached hydrogen (secondary N) is 1. The first-order chi connectivity index (χ1) is 12.6. The average molecular weight is 353 g/mol. The summed E-state index contributed by atoms with van der Waals surface area (Å²) in [6.07, 6.45) is 2.24. The van der Waals surface area contributed by atoms with Crippen molar-refractivity contribution in [2.75, 3.05) is 26.2 Å². The monoisotopic (exact) mass is 353 g/mol. The Morgan fingerprint density at radius 2 is 1.85 bits per heavy atom. The predicted octanol–water partition coefficient (Wildman–Crippen LogP) is 1.39. The standard InChI is InChI=1S/C18H19N5O3/c1-12-20-21-17(26-12)18(25)23-8-6-22(7-9-23)16(24)10-13-11-19-15-5-3-2-4-14(13)15/h2-5,11,19H,6-10H2,1H3. The maximum Gasteiger partial charge on any atom is 0.311 e. The van der Waals surface area contributed by atoms with E-state index in [0.29, 0.717) is 38.5 Å². The summed E-state index contributed by atoms with van der Waals surface area (Å²) in [5.41, 5.74) is 2.02. The average Bonchev–Trinajstić information content (AvgIpc) is 3.28. The lowest BCUT2D eigenvalue weighted by Crippen LogP contribution is -2.51. The number of benzene rings is 1. The quantitative estimate of drug-likeness (QED) is 0.768. The summed E-state index contributed by atoms with van der Waals surface area (Å²) in [7, 11) is 0. The van der Waals surface area contributed by atoms with Gasteiger partial charge in [-0.2, -0.15) is 0 Å². The van der Waals surface area contributed by atoms with E-state index in [2.05, 4.69) is 15.2 Å². The van der Waals surface area contributed by atoms with Crippen molar-refractivity contribution in [1.82, 2.24) is 25.0 Å². The van der Waals surface area contributed by atoms with Crippen LogP contribution in [-0.4, -0.2) is 63.0 Å². The molecule has 0 bridgehead atoms. The Bertz CT molecular complexity index is 953. The number of rotatable bonds is 3. The number of carbonyl (C=O) groups excluding carboxylic acids is 2. The molecule has 0 atom stereocenters. The van der Waals surface area contributed by atoms with Crippen molar-refractivity contribution in [1.29, 1.82) is 0 Å². The molecule has 2 amide bonds. The molecule has 4 rings (SSSR count). The number of aromatic amines is 1. The van der Waals surface area contributed by atoms with Crippen LogP contribution in [0.25, 0.3) is 10.9 Å². The van der Waals surface area contributed by atoms with Gasteiger partial charge in [-0.15, -0.1) is 10.2 Å². The van der Waals surface area contributed by atoms with E-state index in [-0.39, 0.29) is 17.7 Å². The summed E-state index contributed by atoms with van der Waals surface area (Å²) in [5, 5.41) is 8.51. The van der Waals surface area contributed by atoms with Gasteiger partial charge in [0.05, 0.1) is 6.42 Å². The van der Waals surface area contributed by atoms with Gasteiger partial charge in [-0.05, 0) is 11.6 Å². The molecule has 1 N–H and O–H groups in total. The lowest BCUT2D eigenvalue weighted by atomic mass is 10.1. The van der Waals surface area contributed by atoms with Crippen molar-refractivity contribution < 1.29 is 14.0 Å². The molecule has 0 unspecified atom stereocenters. The van der Waals surface area contributed by atoms with Crippen LogP contribution in [0.2, 0.25) is 0 Å². The van der Waals surface area contributed by atoms with E-state index in [0.717, 1.165) is 16.5 Å². The van der Waals surface area contributed by atoms with Crippen molar-refractivity contribution in [3.05, 3.63) is 47.8 Å². The van der Waals surface area contributed by atoms with Crippen molar-refractivity contribution in [2.45, 2.75) is 13.3 Å². The lowest BCUT2D eigenvalue weighted by Gasteiger charge is -2.34. The van der Waals surface area contributed by atoms with Gasteiger partial charge in [-0.3, -0.25) is 9.59 Å². The van der Waals surface area contributed by atoms with Gasteiger partial charge in [0.1, 0.15) is 0 Å². The van der Waals surface area contributed by atoms with E-state index in [9.17, 15) is 9.59 Å². The van der Waals surface area contributed by atoms with Gasteiger partial charge in [-0.25, -0.2) is 0 Å². The van der Waals surface area contributed by atoms with Crippen LogP contribution < -0.4 is 0 Å². The summed E-state index contributed by atoms with van der Waals surface area (Å²) in [6.45, 7) is 3.56. The summed E-state index contributed by atoms with van der Waals surface area (Å²) in [4.78, 5) is 31.6. The minimum Gasteiger partial charge on any atom is -0.417 e. The zero-order valence-corrected chi connectivity index (χ0v) is 14.4. The molecule has 1 saturated heterocycles. The van der Waals surface area contributed by atoms with Gasteiger partial charge in [0, 0.05) is 50.2 Å². The Labute approximate surface area is 149 Å². The van der Waals surface area contributed by atoms with E-state index in [1.165, 1.54) is 0 Å². The minimum atomic E-state index is -0.283. The van der Waals surface area contributed by atoms with Crippen LogP contribution in [0.4, 0.5) is 0 Å². The number of nitrogens with zero attached hydrogens (tertiary/aromatic N) is 4. The van der Waals surface area contributed by atoms with Crippen LogP contribution in [0.5, 0.6) is 0 Å². The summed E-state index contributed by atoms with van der Waals surface area (Å²) in [6, 6.07) is 7.93. The molecule has 3 aromatic rings. The molecule has 1 aliphatic heterocycles. The molecule has 1 aromatic carbocycles. The van der Waals surface area contributed by atoms with Crippen LogP contribution in [0.3, 0.4) is 0 Å². The molecule has 134 valence electrons. The first-order valence-electron chi connectivity index (χ1n) is 8.54. The smallest absolute Gasteiger partial charge is 0.311 e. The largest absolute Gasteiger partial charge is 0.417 e. The summed E-state index contributed by atoms with van der Waals surface area (Å²) in [5.74, 6) is 0.145. The van der Waals surface area contributed by atoms with Crippen LogP contribution in [0.15, 0.2) is 34.9 Å². The molecule has 1 fully saturated rings. The highest BCUT2D eigenvalue weighted by Crippen LogP contribution is 2.19. The molecule has 1 aliphatic rings. The zero-order valence-electron chi connectivity index (χ0n) is 14.4. The Morgan fingerprint density at radius 1 is 1.12 bits per heavy atom. The van der Waals surface area contributed by atoms with Crippen molar-refractivity contribution in [3.63, 3.8) is 0 Å². The summed E-state index contributed by atoms with van der Waals surface area (Å²) >= 11 is 0. The third kappa shape index (κ3) is 3.05. The number of para-hydroxylation sites is 1. The minimum absolute atomic E-state index is 0.000990. The molecule has 8 nitrogen and oxygen atoms in total. The Balaban J connectivity index is 1.37. The van der Waals surface area contributed by atoms with Crippen LogP contribution in [0, 0.1) is 6.92 Å². The number of H-pyrrole nitrogens is 1. The van der Waals surface area contributed by atoms with Crippen molar-refractivity contribution >= 4 is 22.7 Å². The number of amides is 2. The van der Waals surface area contributed by atoms with Gasteiger partial charge in [0.2, 0.25) is 11.8 Å². The van der Waals surface area contributed by atoms with Crippen LogP contribution >= 0.6 is 0 Å². The molecular weight excluding hydrogens is 334 g/mol. The van der Waals surface area contributed by atoms with E-state index in [4.69, 9.17) is 4.42 Å². The van der Waals surface area contributed by atoms with E-state index in [1.54, 1.807) is 16.7 Å². The number of hydrogen-bond acceptors (Lipinski definition) is 5. The van der Waals surface area contributed by atoms with E-state index < -0.39 is 0 Å². The second kappa shape index (κ2) is 6.62. The lowest BCUT2D eigenvalue weighted by molar-refractivity contribution is -0.131. The highest BCUT2D eigenvalue weighted by molar-refractivity contribution is 5.90. The van der Waals surface area contributed by atoms with Gasteiger partial charge in [0.25, 0.3) is 0 Å². The molecular formula is C18H19N5O3. The number of hydrogen-bond donors (Lipinski definition) is 1. The van der Waals surface area contributed by atoms with Crippen LogP contribution in [0.1, 0.15) is 22.1 Å². The maximum atomic E-state index is 12.6. The highest BCUT2D eigenvalue weighted by Gasteiger charge is 2.27. The first kappa shape index (κ1) is 16.3. The molecule has 8 heteroatoms. The molecule has 0 saturated carbocycles. The number of piperazine rings is 1. The Hall–Kier alpha value is -3.16. The SMILES string of the molecule is Cc1nnc(C(=O)N2CCN(C(=O)Cc3c[nH]c4ccccc34)CC2)o1. The van der Waals surface area contributed by atoms with Crippen molar-refractivity contribution in [3.8, 4) is 0 Å². The van der Waals surface area contributed by atoms with Gasteiger partial charge < -0.3 is 19.2 Å². The van der Waals surface area contributed by atoms with E-state index >= 15 is 0 Å². The summed E-state index contributed by atoms with van der Waals surface area (Å²) < 4.78 is 5.19. The number of aromatic nitrogens is 3. The topological polar surface area (TPSA) is 95.3 Å². The first-order valence-corrected chi connectivity index (χ1v) is 8.54. The predicted molar refractivity (Wildman–Crippen MR) is 93.5 cm³/mol. The van der Waals surface area contributed by atoms with Gasteiger partial charge >= 0.3 is 11.8 Å². The zero-order chi connectivity index (χ0) is 18.1. The second-order valence-electron chi connectivity index (χ2n) is 6.34. The fourth-order valence-corrected chi connectivity index (χ4v) is 3.23. The second-order valence-corrected chi connectivity index (χ2v) is 6.34. The molecule has 3 heterocycles. The molecule has 2 aromatic heterocycles. The third-order valence-corrected chi connectivity index (χ3v) is 4.65. The van der Waals surface area contributed by atoms with Gasteiger partial charge in [-0.1, -0.05) is 18.2 Å². The fourth-order valence-electron chi connectivity index (χ4n) is 3.23. The van der Waals surface area contributed by atoms with Crippen LogP contribution in [-0.2, 0) is 11.2 Å². The molecule has 0 aliphatic carbocycles. The maximum absolute atomic E-state index is 12.6. The Morgan fingerprint density at radius 3 is 2.58 bits per heavy atom. The van der Waals surface area contributed by atoms with Crippen molar-refractivity contribution in [2.24, 2.45) is 0 Å². The molecule has 0 spiro atoms. The number of carbonyl (C=O) groups is 2. The Kier molecular flexibility index (Phi) is 4.16. The van der Waals surface area contributed by atoms with Gasteiger partial charge in [0.15, 0.2) is 0 Å². The number of fused-ring (bicyclic) bond motifs is 1. The molecule has 26 heavy (non-hydrogen) atoms. The number of aryl methyl sites for hydroxylation is 1. The fraction of sp³-hybridized carbons (Fsp3) is 0.333. The highest BCUT2D eigenvalue weighted by atomic mass is 16.4. The van der Waals surface area contributed by atoms with E-state index in [1.807, 2.05) is 30.5 Å². The normalized spacial score (nSPS) is 14.8. The third-order valence-electron chi connectivity index (χ3n) is 4.65. The molecule has 0 radical (unpaired) electrons.